The monoisotopic (exact) mass is 398 g/mol. The zero-order chi connectivity index (χ0) is 20.5. The fourth-order valence-electron chi connectivity index (χ4n) is 4.17. The topological polar surface area (TPSA) is 100.0 Å². The third-order valence-corrected chi connectivity index (χ3v) is 5.83. The number of nitrogens with one attached hydrogen (secondary N) is 1. The first-order valence-corrected chi connectivity index (χ1v) is 9.13. The molecule has 154 valence electrons. The molecule has 10 heteroatoms. The second-order valence-corrected chi connectivity index (χ2v) is 7.71. The highest BCUT2D eigenvalue weighted by molar-refractivity contribution is 5.95. The number of hydrazine groups is 1. The van der Waals surface area contributed by atoms with Crippen LogP contribution >= 0.6 is 0 Å². The van der Waals surface area contributed by atoms with Gasteiger partial charge in [-0.15, -0.1) is 5.10 Å². The number of urea groups is 1. The van der Waals surface area contributed by atoms with E-state index in [9.17, 15) is 18.0 Å². The van der Waals surface area contributed by atoms with E-state index in [1.165, 1.54) is 19.2 Å². The second-order valence-electron chi connectivity index (χ2n) is 7.71. The number of alkyl halides is 3. The Morgan fingerprint density at radius 3 is 2.50 bits per heavy atom. The molecule has 28 heavy (non-hydrogen) atoms. The Balaban J connectivity index is 1.54. The van der Waals surface area contributed by atoms with Crippen LogP contribution in [-0.4, -0.2) is 42.0 Å². The van der Waals surface area contributed by atoms with Crippen LogP contribution in [0.1, 0.15) is 42.7 Å². The average Bonchev–Trinajstić information content (AvgIpc) is 2.63. The zero-order valence-corrected chi connectivity index (χ0v) is 15.7. The van der Waals surface area contributed by atoms with Crippen molar-refractivity contribution in [3.63, 3.8) is 0 Å². The van der Waals surface area contributed by atoms with E-state index in [1.807, 2.05) is 0 Å². The minimum Gasteiger partial charge on any atom is -0.324 e. The van der Waals surface area contributed by atoms with Gasteiger partial charge in [0.05, 0.1) is 5.56 Å². The number of carbonyl (C=O) groups is 1. The van der Waals surface area contributed by atoms with E-state index < -0.39 is 11.7 Å². The number of amides is 2. The van der Waals surface area contributed by atoms with Crippen molar-refractivity contribution in [1.82, 2.24) is 15.2 Å². The van der Waals surface area contributed by atoms with Crippen molar-refractivity contribution < 1.29 is 18.0 Å². The summed E-state index contributed by atoms with van der Waals surface area (Å²) >= 11 is 0. The van der Waals surface area contributed by atoms with Gasteiger partial charge in [0, 0.05) is 20.1 Å². The molecule has 1 aliphatic heterocycles. The summed E-state index contributed by atoms with van der Waals surface area (Å²) in [5, 5.41) is 7.11. The van der Waals surface area contributed by atoms with E-state index in [1.54, 1.807) is 11.0 Å². The Kier molecular flexibility index (Phi) is 5.42. The lowest BCUT2D eigenvalue weighted by Gasteiger charge is -2.52. The van der Waals surface area contributed by atoms with Crippen molar-refractivity contribution in [3.8, 4) is 0 Å². The molecule has 2 fully saturated rings. The lowest BCUT2D eigenvalue weighted by Crippen LogP contribution is -2.54. The minimum absolute atomic E-state index is 0.0681. The predicted octanol–water partition coefficient (Wildman–Crippen LogP) is 2.41. The fourth-order valence-corrected chi connectivity index (χ4v) is 4.17. The van der Waals surface area contributed by atoms with Crippen molar-refractivity contribution >= 4 is 12.0 Å². The van der Waals surface area contributed by atoms with Crippen molar-refractivity contribution in [1.29, 1.82) is 0 Å². The number of hydrogen-bond donors (Lipinski definition) is 3. The van der Waals surface area contributed by atoms with Gasteiger partial charge in [0.15, 0.2) is 0 Å². The molecule has 1 aliphatic carbocycles. The molecule has 7 nitrogen and oxygen atoms in total. The van der Waals surface area contributed by atoms with E-state index in [0.29, 0.717) is 13.1 Å². The van der Waals surface area contributed by atoms with Crippen LogP contribution in [0.4, 0.5) is 18.0 Å². The van der Waals surface area contributed by atoms with Gasteiger partial charge in [-0.05, 0) is 48.6 Å². The maximum Gasteiger partial charge on any atom is 0.416 e. The van der Waals surface area contributed by atoms with Gasteiger partial charge in [0.1, 0.15) is 0 Å². The molecule has 0 aromatic heterocycles. The van der Waals surface area contributed by atoms with Crippen LogP contribution in [0.3, 0.4) is 0 Å². The third kappa shape index (κ3) is 4.16. The summed E-state index contributed by atoms with van der Waals surface area (Å²) in [5.41, 5.74) is 0.251. The van der Waals surface area contributed by atoms with Crippen LogP contribution in [0.2, 0.25) is 0 Å². The molecule has 1 heterocycles. The summed E-state index contributed by atoms with van der Waals surface area (Å²) in [4.78, 5) is 14.0. The van der Waals surface area contributed by atoms with E-state index in [2.05, 4.69) is 10.4 Å². The van der Waals surface area contributed by atoms with Gasteiger partial charge in [0.25, 0.3) is 0 Å². The molecule has 1 saturated heterocycles. The number of nitrogens with two attached hydrogens (primary N) is 2. The Morgan fingerprint density at radius 2 is 1.96 bits per heavy atom. The van der Waals surface area contributed by atoms with E-state index in [0.717, 1.165) is 42.3 Å². The van der Waals surface area contributed by atoms with Gasteiger partial charge < -0.3 is 10.7 Å². The van der Waals surface area contributed by atoms with Gasteiger partial charge >= 0.3 is 12.2 Å². The predicted molar refractivity (Wildman–Crippen MR) is 98.8 cm³/mol. The Labute approximate surface area is 161 Å². The normalized spacial score (nSPS) is 20.0. The highest BCUT2D eigenvalue weighted by Gasteiger charge is 2.47. The maximum absolute atomic E-state index is 12.9. The number of guanidine groups is 1. The minimum atomic E-state index is -4.32. The SMILES string of the molecule is CN(N)/C(=N\N)NC(=O)N1CCC2(CC1)CC(c1cccc(C(F)(F)F)c1)C2. The first kappa shape index (κ1) is 20.2. The average molecular weight is 398 g/mol. The Bertz CT molecular complexity index is 748. The molecule has 1 aromatic carbocycles. The second kappa shape index (κ2) is 7.50. The lowest BCUT2D eigenvalue weighted by molar-refractivity contribution is -0.137. The largest absolute Gasteiger partial charge is 0.416 e. The number of carbonyl (C=O) groups excluding carboxylic acids is 1. The highest BCUT2D eigenvalue weighted by atomic mass is 19.4. The molecule has 1 aromatic rings. The molecule has 0 atom stereocenters. The molecular formula is C18H25F3N6O. The van der Waals surface area contributed by atoms with Gasteiger partial charge in [0.2, 0.25) is 5.96 Å². The fraction of sp³-hybridized carbons (Fsp3) is 0.556. The molecule has 0 unspecified atom stereocenters. The highest BCUT2D eigenvalue weighted by Crippen LogP contribution is 2.56. The molecule has 3 rings (SSSR count). The summed E-state index contributed by atoms with van der Waals surface area (Å²) in [7, 11) is 1.51. The Hall–Kier alpha value is -2.49. The van der Waals surface area contributed by atoms with E-state index in [4.69, 9.17) is 11.7 Å². The van der Waals surface area contributed by atoms with Crippen LogP contribution in [0.5, 0.6) is 0 Å². The zero-order valence-electron chi connectivity index (χ0n) is 15.7. The van der Waals surface area contributed by atoms with Gasteiger partial charge in [-0.25, -0.2) is 10.6 Å². The number of piperidine rings is 1. The van der Waals surface area contributed by atoms with Crippen molar-refractivity contribution in [2.75, 3.05) is 20.1 Å². The van der Waals surface area contributed by atoms with Crippen molar-refractivity contribution in [3.05, 3.63) is 35.4 Å². The molecule has 5 N–H and O–H groups in total. The van der Waals surface area contributed by atoms with Gasteiger partial charge in [-0.3, -0.25) is 10.3 Å². The van der Waals surface area contributed by atoms with E-state index >= 15 is 0 Å². The van der Waals surface area contributed by atoms with Crippen LogP contribution < -0.4 is 17.0 Å². The maximum atomic E-state index is 12.9. The first-order valence-electron chi connectivity index (χ1n) is 9.13. The molecule has 2 aliphatic rings. The van der Waals surface area contributed by atoms with Crippen molar-refractivity contribution in [2.24, 2.45) is 22.2 Å². The Morgan fingerprint density at radius 1 is 1.32 bits per heavy atom. The lowest BCUT2D eigenvalue weighted by atomic mass is 9.56. The van der Waals surface area contributed by atoms with Crippen LogP contribution in [0, 0.1) is 5.41 Å². The third-order valence-electron chi connectivity index (χ3n) is 5.83. The van der Waals surface area contributed by atoms with Gasteiger partial charge in [-0.2, -0.15) is 13.2 Å². The van der Waals surface area contributed by atoms with Gasteiger partial charge in [-0.1, -0.05) is 18.2 Å². The van der Waals surface area contributed by atoms with E-state index in [-0.39, 0.29) is 23.3 Å². The summed E-state index contributed by atoms with van der Waals surface area (Å²) in [5.74, 6) is 10.9. The standard InChI is InChI=1S/C18H25F3N6O/c1-26(23)15(25-22)24-16(28)27-7-5-17(6-8-27)10-13(11-17)12-3-2-4-14(9-12)18(19,20)21/h2-4,9,13H,5-8,10-11,22-23H2,1H3,(H,24,25,28). The summed E-state index contributed by atoms with van der Waals surface area (Å²) in [6.45, 7) is 1.15. The number of hydrogen-bond acceptors (Lipinski definition) is 4. The first-order chi connectivity index (χ1) is 13.1. The van der Waals surface area contributed by atoms with Crippen LogP contribution in [0.25, 0.3) is 0 Å². The molecule has 1 saturated carbocycles. The molecule has 0 bridgehead atoms. The molecular weight excluding hydrogens is 373 g/mol. The molecule has 1 spiro atoms. The number of benzene rings is 1. The van der Waals surface area contributed by atoms with Crippen molar-refractivity contribution in [2.45, 2.75) is 37.8 Å². The number of nitrogens with zero attached hydrogens (tertiary/aromatic N) is 3. The molecule has 2 amide bonds. The number of halogens is 3. The number of likely N-dealkylation sites (tertiary alicyclic amines) is 1. The summed E-state index contributed by atoms with van der Waals surface area (Å²) in [6.07, 6.45) is -0.970. The number of rotatable bonds is 1. The smallest absolute Gasteiger partial charge is 0.324 e. The summed E-state index contributed by atoms with van der Waals surface area (Å²) in [6, 6.07) is 5.29. The van der Waals surface area contributed by atoms with Crippen LogP contribution in [0.15, 0.2) is 29.4 Å². The van der Waals surface area contributed by atoms with Crippen LogP contribution in [-0.2, 0) is 6.18 Å². The number of hydrazone groups is 1. The quantitative estimate of drug-likeness (QED) is 0.293. The molecule has 0 radical (unpaired) electrons. The summed E-state index contributed by atoms with van der Waals surface area (Å²) < 4.78 is 38.7.